The van der Waals surface area contributed by atoms with Crippen molar-refractivity contribution in [1.29, 1.82) is 0 Å². The molecule has 0 radical (unpaired) electrons. The third-order valence-corrected chi connectivity index (χ3v) is 9.31. The third kappa shape index (κ3) is 3.96. The zero-order valence-electron chi connectivity index (χ0n) is 21.0. The number of halogens is 2. The number of aliphatic hydroxyl groups is 1. The first kappa shape index (κ1) is 24.4. The minimum atomic E-state index is -0.895. The molecule has 2 atom stereocenters. The second kappa shape index (κ2) is 9.24. The lowest BCUT2D eigenvalue weighted by molar-refractivity contribution is 0.0605. The molecule has 3 aliphatic rings. The fourth-order valence-corrected chi connectivity index (χ4v) is 7.06. The van der Waals surface area contributed by atoms with Gasteiger partial charge >= 0.3 is 0 Å². The van der Waals surface area contributed by atoms with E-state index in [-0.39, 0.29) is 17.8 Å². The van der Waals surface area contributed by atoms with Crippen molar-refractivity contribution in [2.45, 2.75) is 42.2 Å². The molecule has 1 fully saturated rings. The summed E-state index contributed by atoms with van der Waals surface area (Å²) in [5.74, 6) is -1.28. The lowest BCUT2D eigenvalue weighted by atomic mass is 9.89. The number of benzene rings is 3. The van der Waals surface area contributed by atoms with Gasteiger partial charge in [-0.1, -0.05) is 54.6 Å². The van der Waals surface area contributed by atoms with E-state index in [0.29, 0.717) is 29.1 Å². The van der Waals surface area contributed by atoms with Crippen LogP contribution in [-0.4, -0.2) is 16.3 Å². The first-order chi connectivity index (χ1) is 19.0. The number of fused-ring (bicyclic) bond motifs is 3. The summed E-state index contributed by atoms with van der Waals surface area (Å²) in [4.78, 5) is 14.1. The maximum atomic E-state index is 15.2. The minimum Gasteiger partial charge on any atom is -0.483 e. The molecule has 0 amide bonds. The molecule has 3 aromatic carbocycles. The van der Waals surface area contributed by atoms with Crippen molar-refractivity contribution in [1.82, 2.24) is 4.68 Å². The summed E-state index contributed by atoms with van der Waals surface area (Å²) in [5, 5.41) is 13.7. The van der Waals surface area contributed by atoms with Crippen LogP contribution >= 0.6 is 11.8 Å². The Bertz CT molecular complexity index is 1640. The summed E-state index contributed by atoms with van der Waals surface area (Å²) in [6.45, 7) is 0.674. The normalized spacial score (nSPS) is 20.5. The Morgan fingerprint density at radius 3 is 2.54 bits per heavy atom. The molecule has 0 saturated heterocycles. The van der Waals surface area contributed by atoms with Crippen LogP contribution < -0.4 is 15.2 Å². The summed E-state index contributed by atoms with van der Waals surface area (Å²) in [6.07, 6.45) is 2.35. The number of ether oxygens (including phenoxy) is 1. The van der Waals surface area contributed by atoms with Gasteiger partial charge in [0.05, 0.1) is 6.04 Å². The zero-order chi connectivity index (χ0) is 26.7. The Labute approximate surface area is 228 Å². The quantitative estimate of drug-likeness (QED) is 0.349. The molecular formula is C31H26F2N2O3S. The van der Waals surface area contributed by atoms with E-state index in [9.17, 15) is 14.3 Å². The van der Waals surface area contributed by atoms with Gasteiger partial charge in [-0.05, 0) is 41.7 Å². The van der Waals surface area contributed by atoms with Crippen LogP contribution in [0.3, 0.4) is 0 Å². The Morgan fingerprint density at radius 2 is 1.74 bits per heavy atom. The van der Waals surface area contributed by atoms with E-state index in [1.165, 1.54) is 23.9 Å². The molecule has 5 nitrogen and oxygen atoms in total. The van der Waals surface area contributed by atoms with Gasteiger partial charge < -0.3 is 14.9 Å². The molecule has 8 heteroatoms. The lowest BCUT2D eigenvalue weighted by Crippen LogP contribution is -2.51. The van der Waals surface area contributed by atoms with Crippen molar-refractivity contribution in [2.24, 2.45) is 5.41 Å². The summed E-state index contributed by atoms with van der Waals surface area (Å²) in [7, 11) is 0. The standard InChI is InChI=1S/C31H26F2N2O3S/c32-23-11-10-20-22(26(23)33)17-39-25-9-5-4-8-21(25)27(20)35-18-31(13-14-31)30(37)28-29(24(36)12-15-34(28)35)38-16-19-6-2-1-3-7-19/h1-12,15,27,30,37H,13-14,16-18H2/t27-,30?/m0/s1. The second-order valence-electron chi connectivity index (χ2n) is 10.5. The first-order valence-electron chi connectivity index (χ1n) is 13.0. The fraction of sp³-hybridized carbons (Fsp3) is 0.258. The van der Waals surface area contributed by atoms with Crippen molar-refractivity contribution in [2.75, 3.05) is 11.6 Å². The molecule has 0 bridgehead atoms. The molecule has 7 rings (SSSR count). The van der Waals surface area contributed by atoms with Gasteiger partial charge in [0.25, 0.3) is 0 Å². The Morgan fingerprint density at radius 1 is 0.974 bits per heavy atom. The second-order valence-corrected chi connectivity index (χ2v) is 11.6. The fourth-order valence-electron chi connectivity index (χ4n) is 5.94. The Kier molecular flexibility index (Phi) is 5.79. The SMILES string of the molecule is O=c1ccn2c(c1OCc1ccccc1)C(O)C1(CC1)CN2[C@@H]1c2ccccc2SCc2c1ccc(F)c2F. The highest BCUT2D eigenvalue weighted by Crippen LogP contribution is 2.59. The van der Waals surface area contributed by atoms with Gasteiger partial charge in [0.2, 0.25) is 5.43 Å². The van der Waals surface area contributed by atoms with Crippen molar-refractivity contribution in [3.05, 3.63) is 129 Å². The predicted octanol–water partition coefficient (Wildman–Crippen LogP) is 5.87. The maximum absolute atomic E-state index is 15.2. The summed E-state index contributed by atoms with van der Waals surface area (Å²) >= 11 is 1.48. The number of aliphatic hydroxyl groups excluding tert-OH is 1. The summed E-state index contributed by atoms with van der Waals surface area (Å²) in [6, 6.07) is 21.3. The van der Waals surface area contributed by atoms with Crippen LogP contribution in [0.25, 0.3) is 0 Å². The molecule has 1 saturated carbocycles. The van der Waals surface area contributed by atoms with Crippen molar-refractivity contribution >= 4 is 11.8 Å². The van der Waals surface area contributed by atoms with Crippen molar-refractivity contribution < 1.29 is 18.6 Å². The number of pyridine rings is 1. The predicted molar refractivity (Wildman–Crippen MR) is 145 cm³/mol. The molecule has 1 spiro atoms. The summed E-state index contributed by atoms with van der Waals surface area (Å²) in [5.41, 5.74) is 2.53. The minimum absolute atomic E-state index is 0.117. The highest BCUT2D eigenvalue weighted by Gasteiger charge is 2.56. The maximum Gasteiger partial charge on any atom is 0.223 e. The van der Waals surface area contributed by atoms with Gasteiger partial charge in [-0.3, -0.25) is 9.47 Å². The van der Waals surface area contributed by atoms with Crippen LogP contribution in [0.4, 0.5) is 8.78 Å². The van der Waals surface area contributed by atoms with Crippen molar-refractivity contribution in [3.8, 4) is 5.75 Å². The molecule has 2 aliphatic heterocycles. The molecular weight excluding hydrogens is 518 g/mol. The van der Waals surface area contributed by atoms with Crippen LogP contribution in [0.15, 0.2) is 88.7 Å². The molecule has 39 heavy (non-hydrogen) atoms. The molecule has 4 aromatic rings. The third-order valence-electron chi connectivity index (χ3n) is 8.19. The van der Waals surface area contributed by atoms with Gasteiger partial charge in [-0.2, -0.15) is 0 Å². The number of aromatic nitrogens is 1. The van der Waals surface area contributed by atoms with Crippen LogP contribution in [0, 0.1) is 17.0 Å². The first-order valence-corrected chi connectivity index (χ1v) is 14.0. The average Bonchev–Trinajstić information content (AvgIpc) is 3.75. The number of nitrogens with zero attached hydrogens (tertiary/aromatic N) is 2. The zero-order valence-corrected chi connectivity index (χ0v) is 21.8. The van der Waals surface area contributed by atoms with E-state index in [0.717, 1.165) is 28.9 Å². The Balaban J connectivity index is 1.42. The van der Waals surface area contributed by atoms with Gasteiger partial charge in [0, 0.05) is 40.4 Å². The smallest absolute Gasteiger partial charge is 0.223 e. The van der Waals surface area contributed by atoms with E-state index in [1.54, 1.807) is 16.9 Å². The average molecular weight is 545 g/mol. The van der Waals surface area contributed by atoms with E-state index >= 15 is 4.39 Å². The molecule has 1 aliphatic carbocycles. The van der Waals surface area contributed by atoms with Crippen LogP contribution in [-0.2, 0) is 12.4 Å². The van der Waals surface area contributed by atoms with Crippen molar-refractivity contribution in [3.63, 3.8) is 0 Å². The molecule has 3 heterocycles. The largest absolute Gasteiger partial charge is 0.483 e. The molecule has 1 unspecified atom stereocenters. The molecule has 1 N–H and O–H groups in total. The van der Waals surface area contributed by atoms with E-state index in [1.807, 2.05) is 54.6 Å². The number of hydrogen-bond donors (Lipinski definition) is 1. The summed E-state index contributed by atoms with van der Waals surface area (Å²) < 4.78 is 37.5. The van der Waals surface area contributed by atoms with E-state index in [2.05, 4.69) is 5.01 Å². The molecule has 198 valence electrons. The molecule has 1 aromatic heterocycles. The van der Waals surface area contributed by atoms with Crippen LogP contribution in [0.1, 0.15) is 52.9 Å². The van der Waals surface area contributed by atoms with Crippen LogP contribution in [0.5, 0.6) is 5.75 Å². The van der Waals surface area contributed by atoms with Gasteiger partial charge in [0.15, 0.2) is 17.4 Å². The topological polar surface area (TPSA) is 54.7 Å². The highest BCUT2D eigenvalue weighted by molar-refractivity contribution is 7.98. The van der Waals surface area contributed by atoms with E-state index < -0.39 is 29.2 Å². The highest BCUT2D eigenvalue weighted by atomic mass is 32.2. The lowest BCUT2D eigenvalue weighted by Gasteiger charge is -2.46. The number of rotatable bonds is 4. The number of hydrogen-bond acceptors (Lipinski definition) is 5. The Hall–Kier alpha value is -3.62. The van der Waals surface area contributed by atoms with Crippen LogP contribution in [0.2, 0.25) is 0 Å². The van der Waals surface area contributed by atoms with Gasteiger partial charge in [-0.25, -0.2) is 8.78 Å². The van der Waals surface area contributed by atoms with Gasteiger partial charge in [-0.15, -0.1) is 11.8 Å². The monoisotopic (exact) mass is 544 g/mol. The van der Waals surface area contributed by atoms with Gasteiger partial charge in [0.1, 0.15) is 18.4 Å². The van der Waals surface area contributed by atoms with E-state index in [4.69, 9.17) is 4.74 Å². The number of thioether (sulfide) groups is 1.